The van der Waals surface area contributed by atoms with Crippen LogP contribution < -0.4 is 5.32 Å². The number of carbonyl (C=O) groups excluding carboxylic acids is 1. The maximum atomic E-state index is 12.7. The molecule has 0 saturated heterocycles. The fourth-order valence-corrected chi connectivity index (χ4v) is 3.32. The summed E-state index contributed by atoms with van der Waals surface area (Å²) in [7, 11) is 1.86. The number of fused-ring (bicyclic) bond motifs is 3. The number of hydrogen-bond donors (Lipinski definition) is 1. The Bertz CT molecular complexity index is 989. The summed E-state index contributed by atoms with van der Waals surface area (Å²) in [6.45, 7) is 3.87. The second kappa shape index (κ2) is 5.81. The summed E-state index contributed by atoms with van der Waals surface area (Å²) in [5.74, 6) is 0.306. The third-order valence-electron chi connectivity index (χ3n) is 4.48. The predicted octanol–water partition coefficient (Wildman–Crippen LogP) is 2.84. The average molecular weight is 333 g/mol. The molecular formula is C19H19N5O. The number of nitrogens with one attached hydrogen (secondary N) is 1. The molecule has 1 aliphatic rings. The van der Waals surface area contributed by atoms with E-state index in [0.717, 1.165) is 41.2 Å². The van der Waals surface area contributed by atoms with E-state index in [0.29, 0.717) is 11.5 Å². The number of aromatic nitrogens is 4. The van der Waals surface area contributed by atoms with Crippen LogP contribution in [0.15, 0.2) is 30.3 Å². The van der Waals surface area contributed by atoms with Crippen LogP contribution in [-0.2, 0) is 19.9 Å². The van der Waals surface area contributed by atoms with Crippen LogP contribution in [0.25, 0.3) is 11.4 Å². The van der Waals surface area contributed by atoms with Crippen molar-refractivity contribution < 1.29 is 4.79 Å². The van der Waals surface area contributed by atoms with Crippen LogP contribution in [0, 0.1) is 13.8 Å². The quantitative estimate of drug-likeness (QED) is 0.783. The van der Waals surface area contributed by atoms with Gasteiger partial charge >= 0.3 is 0 Å². The summed E-state index contributed by atoms with van der Waals surface area (Å²) in [6, 6.07) is 9.68. The largest absolute Gasteiger partial charge is 0.305 e. The SMILES string of the molecule is Cc1cccc(NC(=O)c2nn(C)c3c2CCc2ccc(C)nc2-3)n1. The van der Waals surface area contributed by atoms with Crippen LogP contribution in [0.2, 0.25) is 0 Å². The van der Waals surface area contributed by atoms with Gasteiger partial charge < -0.3 is 5.32 Å². The van der Waals surface area contributed by atoms with Crippen molar-refractivity contribution in [3.05, 3.63) is 58.5 Å². The lowest BCUT2D eigenvalue weighted by Crippen LogP contribution is -2.17. The lowest BCUT2D eigenvalue weighted by molar-refractivity contribution is 0.102. The Morgan fingerprint density at radius 1 is 1.08 bits per heavy atom. The molecule has 3 aromatic heterocycles. The number of carbonyl (C=O) groups is 1. The first kappa shape index (κ1) is 15.5. The van der Waals surface area contributed by atoms with Gasteiger partial charge in [0.25, 0.3) is 5.91 Å². The zero-order valence-corrected chi connectivity index (χ0v) is 14.5. The second-order valence-electron chi connectivity index (χ2n) is 6.38. The van der Waals surface area contributed by atoms with Crippen LogP contribution in [0.3, 0.4) is 0 Å². The molecule has 1 amide bonds. The monoisotopic (exact) mass is 333 g/mol. The highest BCUT2D eigenvalue weighted by atomic mass is 16.2. The van der Waals surface area contributed by atoms with Gasteiger partial charge in [-0.2, -0.15) is 5.10 Å². The molecule has 3 heterocycles. The minimum Gasteiger partial charge on any atom is -0.305 e. The molecule has 0 radical (unpaired) electrons. The van der Waals surface area contributed by atoms with Gasteiger partial charge in [-0.25, -0.2) is 4.98 Å². The van der Waals surface area contributed by atoms with Gasteiger partial charge in [0.05, 0.1) is 11.4 Å². The Hall–Kier alpha value is -3.02. The van der Waals surface area contributed by atoms with Crippen molar-refractivity contribution in [2.45, 2.75) is 26.7 Å². The minimum atomic E-state index is -0.231. The van der Waals surface area contributed by atoms with E-state index in [1.807, 2.05) is 39.1 Å². The van der Waals surface area contributed by atoms with E-state index >= 15 is 0 Å². The van der Waals surface area contributed by atoms with E-state index in [4.69, 9.17) is 0 Å². The molecule has 25 heavy (non-hydrogen) atoms. The average Bonchev–Trinajstić information content (AvgIpc) is 2.92. The van der Waals surface area contributed by atoms with E-state index in [2.05, 4.69) is 26.4 Å². The molecule has 0 bridgehead atoms. The highest BCUT2D eigenvalue weighted by molar-refractivity contribution is 6.04. The van der Waals surface area contributed by atoms with Gasteiger partial charge in [-0.1, -0.05) is 12.1 Å². The van der Waals surface area contributed by atoms with Gasteiger partial charge in [0, 0.05) is 24.0 Å². The Balaban J connectivity index is 1.74. The summed E-state index contributed by atoms with van der Waals surface area (Å²) in [6.07, 6.45) is 1.65. The molecule has 4 rings (SSSR count). The third-order valence-corrected chi connectivity index (χ3v) is 4.48. The van der Waals surface area contributed by atoms with Gasteiger partial charge in [0.1, 0.15) is 5.82 Å². The summed E-state index contributed by atoms with van der Waals surface area (Å²) in [4.78, 5) is 21.7. The third kappa shape index (κ3) is 2.69. The zero-order valence-electron chi connectivity index (χ0n) is 14.5. The Morgan fingerprint density at radius 3 is 2.68 bits per heavy atom. The van der Waals surface area contributed by atoms with Crippen molar-refractivity contribution in [2.75, 3.05) is 5.32 Å². The summed E-state index contributed by atoms with van der Waals surface area (Å²) >= 11 is 0. The predicted molar refractivity (Wildman–Crippen MR) is 95.5 cm³/mol. The molecule has 6 nitrogen and oxygen atoms in total. The normalized spacial score (nSPS) is 12.4. The maximum absolute atomic E-state index is 12.7. The first-order valence-electron chi connectivity index (χ1n) is 8.30. The molecule has 0 fully saturated rings. The zero-order chi connectivity index (χ0) is 17.6. The minimum absolute atomic E-state index is 0.231. The lowest BCUT2D eigenvalue weighted by atomic mass is 9.92. The van der Waals surface area contributed by atoms with Crippen molar-refractivity contribution in [1.82, 2.24) is 19.7 Å². The van der Waals surface area contributed by atoms with Gasteiger partial charge in [-0.05, 0) is 50.5 Å². The van der Waals surface area contributed by atoms with Gasteiger partial charge in [-0.15, -0.1) is 0 Å². The number of anilines is 1. The van der Waals surface area contributed by atoms with E-state index in [9.17, 15) is 4.79 Å². The van der Waals surface area contributed by atoms with Gasteiger partial charge in [0.15, 0.2) is 5.69 Å². The van der Waals surface area contributed by atoms with Crippen molar-refractivity contribution >= 4 is 11.7 Å². The molecule has 6 heteroatoms. The molecule has 1 N–H and O–H groups in total. The molecular weight excluding hydrogens is 314 g/mol. The van der Waals surface area contributed by atoms with Crippen LogP contribution in [-0.4, -0.2) is 25.7 Å². The molecule has 0 aliphatic heterocycles. The van der Waals surface area contributed by atoms with Crippen LogP contribution in [0.5, 0.6) is 0 Å². The van der Waals surface area contributed by atoms with Crippen LogP contribution in [0.1, 0.15) is 33.0 Å². The fraction of sp³-hybridized carbons (Fsp3) is 0.263. The van der Waals surface area contributed by atoms with E-state index in [1.165, 1.54) is 5.56 Å². The van der Waals surface area contributed by atoms with E-state index < -0.39 is 0 Å². The van der Waals surface area contributed by atoms with Crippen molar-refractivity contribution in [3.8, 4) is 11.4 Å². The Labute approximate surface area is 145 Å². The van der Waals surface area contributed by atoms with Crippen LogP contribution >= 0.6 is 0 Å². The highest BCUT2D eigenvalue weighted by Crippen LogP contribution is 2.34. The number of nitrogens with zero attached hydrogens (tertiary/aromatic N) is 4. The van der Waals surface area contributed by atoms with E-state index in [1.54, 1.807) is 10.7 Å². The number of pyridine rings is 2. The Morgan fingerprint density at radius 2 is 1.88 bits per heavy atom. The van der Waals surface area contributed by atoms with Crippen molar-refractivity contribution in [1.29, 1.82) is 0 Å². The summed E-state index contributed by atoms with van der Waals surface area (Å²) < 4.78 is 1.76. The first-order valence-corrected chi connectivity index (χ1v) is 8.30. The number of aryl methyl sites for hydroxylation is 4. The van der Waals surface area contributed by atoms with Crippen LogP contribution in [0.4, 0.5) is 5.82 Å². The molecule has 126 valence electrons. The van der Waals surface area contributed by atoms with E-state index in [-0.39, 0.29) is 5.91 Å². The molecule has 0 spiro atoms. The topological polar surface area (TPSA) is 72.7 Å². The van der Waals surface area contributed by atoms with Gasteiger partial charge in [0.2, 0.25) is 0 Å². The molecule has 0 aromatic carbocycles. The number of amides is 1. The molecule has 3 aromatic rings. The smallest absolute Gasteiger partial charge is 0.277 e. The second-order valence-corrected chi connectivity index (χ2v) is 6.38. The molecule has 0 atom stereocenters. The number of hydrogen-bond acceptors (Lipinski definition) is 4. The van der Waals surface area contributed by atoms with Gasteiger partial charge in [-0.3, -0.25) is 14.5 Å². The maximum Gasteiger partial charge on any atom is 0.277 e. The lowest BCUT2D eigenvalue weighted by Gasteiger charge is -2.17. The highest BCUT2D eigenvalue weighted by Gasteiger charge is 2.28. The fourth-order valence-electron chi connectivity index (χ4n) is 3.32. The first-order chi connectivity index (χ1) is 12.0. The molecule has 0 unspecified atom stereocenters. The summed E-state index contributed by atoms with van der Waals surface area (Å²) in [5, 5.41) is 7.33. The standard InChI is InChI=1S/C19H19N5O/c1-11-5-4-6-15(20-11)22-19(25)17-14-10-9-13-8-7-12(2)21-16(13)18(14)24(3)23-17/h4-8H,9-10H2,1-3H3,(H,20,22,25). The van der Waals surface area contributed by atoms with Crippen molar-refractivity contribution in [3.63, 3.8) is 0 Å². The summed E-state index contributed by atoms with van der Waals surface area (Å²) in [5.41, 5.74) is 6.30. The molecule has 1 aliphatic carbocycles. The molecule has 0 saturated carbocycles. The van der Waals surface area contributed by atoms with Crippen molar-refractivity contribution in [2.24, 2.45) is 7.05 Å². The number of rotatable bonds is 2. The Kier molecular flexibility index (Phi) is 3.60.